The van der Waals surface area contributed by atoms with Crippen LogP contribution in [0.2, 0.25) is 0 Å². The van der Waals surface area contributed by atoms with Gasteiger partial charge >= 0.3 is 0 Å². The number of piperidine rings is 1. The molecule has 0 radical (unpaired) electrons. The standard InChI is InChI=1S/C16H23FN2O/c1-3-18-11-13-6-8-19(9-7-13)16(20)14-4-5-15(17)12(2)10-14/h4-5,10,13,18H,3,6-9,11H2,1-2H3. The second kappa shape index (κ2) is 6.84. The SMILES string of the molecule is CCNCC1CCN(C(=O)c2ccc(F)c(C)c2)CC1. The van der Waals surface area contributed by atoms with Gasteiger partial charge in [0.1, 0.15) is 5.82 Å². The van der Waals surface area contributed by atoms with Gasteiger partial charge in [0, 0.05) is 18.7 Å². The minimum absolute atomic E-state index is 0.0231. The molecular formula is C16H23FN2O. The quantitative estimate of drug-likeness (QED) is 0.918. The molecule has 1 amide bonds. The Morgan fingerprint density at radius 3 is 2.70 bits per heavy atom. The normalized spacial score (nSPS) is 16.4. The van der Waals surface area contributed by atoms with Crippen molar-refractivity contribution in [2.45, 2.75) is 26.7 Å². The predicted molar refractivity (Wildman–Crippen MR) is 78.3 cm³/mol. The summed E-state index contributed by atoms with van der Waals surface area (Å²) >= 11 is 0. The molecule has 0 spiro atoms. The number of benzene rings is 1. The van der Waals surface area contributed by atoms with E-state index in [-0.39, 0.29) is 11.7 Å². The van der Waals surface area contributed by atoms with E-state index in [0.717, 1.165) is 39.0 Å². The summed E-state index contributed by atoms with van der Waals surface area (Å²) in [6.45, 7) is 7.42. The molecule has 0 saturated carbocycles. The third-order valence-corrected chi connectivity index (χ3v) is 3.99. The van der Waals surface area contributed by atoms with Crippen molar-refractivity contribution in [1.29, 1.82) is 0 Å². The molecule has 0 unspecified atom stereocenters. The summed E-state index contributed by atoms with van der Waals surface area (Å²) in [5, 5.41) is 3.36. The van der Waals surface area contributed by atoms with Gasteiger partial charge in [-0.15, -0.1) is 0 Å². The Morgan fingerprint density at radius 1 is 1.40 bits per heavy atom. The topological polar surface area (TPSA) is 32.3 Å². The van der Waals surface area contributed by atoms with Crippen molar-refractivity contribution >= 4 is 5.91 Å². The van der Waals surface area contributed by atoms with Crippen molar-refractivity contribution in [3.63, 3.8) is 0 Å². The molecule has 1 fully saturated rings. The van der Waals surface area contributed by atoms with Crippen LogP contribution in [0.4, 0.5) is 4.39 Å². The monoisotopic (exact) mass is 278 g/mol. The van der Waals surface area contributed by atoms with Crippen molar-refractivity contribution in [1.82, 2.24) is 10.2 Å². The lowest BCUT2D eigenvalue weighted by Crippen LogP contribution is -2.40. The third-order valence-electron chi connectivity index (χ3n) is 3.99. The molecular weight excluding hydrogens is 255 g/mol. The molecule has 1 aliphatic rings. The van der Waals surface area contributed by atoms with E-state index in [1.165, 1.54) is 6.07 Å². The number of nitrogens with zero attached hydrogens (tertiary/aromatic N) is 1. The van der Waals surface area contributed by atoms with Gasteiger partial charge < -0.3 is 10.2 Å². The number of carbonyl (C=O) groups is 1. The number of hydrogen-bond acceptors (Lipinski definition) is 2. The average Bonchev–Trinajstić information content (AvgIpc) is 2.48. The van der Waals surface area contributed by atoms with Gasteiger partial charge in [-0.25, -0.2) is 4.39 Å². The van der Waals surface area contributed by atoms with Gasteiger partial charge in [-0.3, -0.25) is 4.79 Å². The summed E-state index contributed by atoms with van der Waals surface area (Å²) in [4.78, 5) is 14.3. The van der Waals surface area contributed by atoms with Gasteiger partial charge in [0.15, 0.2) is 0 Å². The van der Waals surface area contributed by atoms with Gasteiger partial charge in [-0.2, -0.15) is 0 Å². The fourth-order valence-corrected chi connectivity index (χ4v) is 2.65. The first-order chi connectivity index (χ1) is 9.61. The minimum Gasteiger partial charge on any atom is -0.339 e. The van der Waals surface area contributed by atoms with Crippen LogP contribution in [-0.2, 0) is 0 Å². The largest absolute Gasteiger partial charge is 0.339 e. The van der Waals surface area contributed by atoms with E-state index < -0.39 is 0 Å². The van der Waals surface area contributed by atoms with Crippen LogP contribution in [0.5, 0.6) is 0 Å². The van der Waals surface area contributed by atoms with Gasteiger partial charge in [0.25, 0.3) is 5.91 Å². The summed E-state index contributed by atoms with van der Waals surface area (Å²) in [6, 6.07) is 4.60. The van der Waals surface area contributed by atoms with E-state index >= 15 is 0 Å². The number of amides is 1. The van der Waals surface area contributed by atoms with Crippen LogP contribution in [0.15, 0.2) is 18.2 Å². The number of aryl methyl sites for hydroxylation is 1. The molecule has 0 aliphatic carbocycles. The number of carbonyl (C=O) groups excluding carboxylic acids is 1. The van der Waals surface area contributed by atoms with E-state index in [0.29, 0.717) is 17.0 Å². The van der Waals surface area contributed by atoms with Crippen molar-refractivity contribution in [3.8, 4) is 0 Å². The van der Waals surface area contributed by atoms with Crippen LogP contribution in [0.3, 0.4) is 0 Å². The van der Waals surface area contributed by atoms with E-state index in [9.17, 15) is 9.18 Å². The Morgan fingerprint density at radius 2 is 2.10 bits per heavy atom. The molecule has 0 aromatic heterocycles. The molecule has 4 heteroatoms. The maximum absolute atomic E-state index is 13.2. The van der Waals surface area contributed by atoms with E-state index in [1.807, 2.05) is 4.90 Å². The van der Waals surface area contributed by atoms with Gasteiger partial charge in [0.05, 0.1) is 0 Å². The van der Waals surface area contributed by atoms with E-state index in [2.05, 4.69) is 12.2 Å². The molecule has 1 aromatic rings. The van der Waals surface area contributed by atoms with E-state index in [1.54, 1.807) is 19.1 Å². The van der Waals surface area contributed by atoms with Gasteiger partial charge in [-0.05, 0) is 62.5 Å². The molecule has 1 aliphatic heterocycles. The first-order valence-electron chi connectivity index (χ1n) is 7.38. The molecule has 0 bridgehead atoms. The highest BCUT2D eigenvalue weighted by Gasteiger charge is 2.23. The minimum atomic E-state index is -0.258. The molecule has 1 saturated heterocycles. The zero-order valence-corrected chi connectivity index (χ0v) is 12.3. The fraction of sp³-hybridized carbons (Fsp3) is 0.562. The van der Waals surface area contributed by atoms with Crippen molar-refractivity contribution in [2.24, 2.45) is 5.92 Å². The van der Waals surface area contributed by atoms with Gasteiger partial charge in [0.2, 0.25) is 0 Å². The number of hydrogen-bond donors (Lipinski definition) is 1. The summed E-state index contributed by atoms with van der Waals surface area (Å²) in [6.07, 6.45) is 2.08. The van der Waals surface area contributed by atoms with Crippen LogP contribution >= 0.6 is 0 Å². The van der Waals surface area contributed by atoms with Crippen molar-refractivity contribution in [3.05, 3.63) is 35.1 Å². The molecule has 2 rings (SSSR count). The van der Waals surface area contributed by atoms with Crippen molar-refractivity contribution in [2.75, 3.05) is 26.2 Å². The number of halogens is 1. The highest BCUT2D eigenvalue weighted by molar-refractivity contribution is 5.94. The second-order valence-electron chi connectivity index (χ2n) is 5.51. The zero-order valence-electron chi connectivity index (χ0n) is 12.3. The van der Waals surface area contributed by atoms with Gasteiger partial charge in [-0.1, -0.05) is 6.92 Å². The third kappa shape index (κ3) is 3.57. The Balaban J connectivity index is 1.92. The Kier molecular flexibility index (Phi) is 5.12. The lowest BCUT2D eigenvalue weighted by Gasteiger charge is -2.32. The summed E-state index contributed by atoms with van der Waals surface area (Å²) in [7, 11) is 0. The maximum atomic E-state index is 13.2. The Labute approximate surface area is 120 Å². The molecule has 3 nitrogen and oxygen atoms in total. The predicted octanol–water partition coefficient (Wildman–Crippen LogP) is 2.60. The highest BCUT2D eigenvalue weighted by atomic mass is 19.1. The van der Waals surface area contributed by atoms with Crippen LogP contribution in [-0.4, -0.2) is 37.0 Å². The molecule has 1 N–H and O–H groups in total. The smallest absolute Gasteiger partial charge is 0.253 e. The molecule has 0 atom stereocenters. The van der Waals surface area contributed by atoms with Crippen molar-refractivity contribution < 1.29 is 9.18 Å². The molecule has 1 heterocycles. The molecule has 20 heavy (non-hydrogen) atoms. The average molecular weight is 278 g/mol. The fourth-order valence-electron chi connectivity index (χ4n) is 2.65. The molecule has 110 valence electrons. The van der Waals surface area contributed by atoms with Crippen LogP contribution in [0.1, 0.15) is 35.7 Å². The van der Waals surface area contributed by atoms with Crippen LogP contribution in [0.25, 0.3) is 0 Å². The number of rotatable bonds is 4. The lowest BCUT2D eigenvalue weighted by atomic mass is 9.96. The first kappa shape index (κ1) is 15.0. The number of nitrogens with one attached hydrogen (secondary N) is 1. The Bertz CT molecular complexity index is 468. The van der Waals surface area contributed by atoms with E-state index in [4.69, 9.17) is 0 Å². The maximum Gasteiger partial charge on any atom is 0.253 e. The summed E-state index contributed by atoms with van der Waals surface area (Å²) in [5.74, 6) is 0.426. The first-order valence-corrected chi connectivity index (χ1v) is 7.38. The van der Waals surface area contributed by atoms with Crippen LogP contribution < -0.4 is 5.32 Å². The highest BCUT2D eigenvalue weighted by Crippen LogP contribution is 2.19. The molecule has 1 aromatic carbocycles. The Hall–Kier alpha value is -1.42. The lowest BCUT2D eigenvalue weighted by molar-refractivity contribution is 0.0690. The van der Waals surface area contributed by atoms with Crippen LogP contribution in [0, 0.1) is 18.7 Å². The summed E-state index contributed by atoms with van der Waals surface area (Å²) < 4.78 is 13.2. The second-order valence-corrected chi connectivity index (χ2v) is 5.51. The number of likely N-dealkylation sites (tertiary alicyclic amines) is 1. The zero-order chi connectivity index (χ0) is 14.5. The summed E-state index contributed by atoms with van der Waals surface area (Å²) in [5.41, 5.74) is 1.12.